The van der Waals surface area contributed by atoms with Gasteiger partial charge in [-0.3, -0.25) is 4.79 Å². The van der Waals surface area contributed by atoms with Crippen LogP contribution in [0.2, 0.25) is 0 Å². The molecule has 7 heteroatoms. The second-order valence-electron chi connectivity index (χ2n) is 6.67. The molecule has 0 bridgehead atoms. The van der Waals surface area contributed by atoms with E-state index < -0.39 is 11.6 Å². The fourth-order valence-corrected chi connectivity index (χ4v) is 3.38. The Balaban J connectivity index is 1.38. The maximum atomic E-state index is 13.3. The fraction of sp³-hybridized carbons (Fsp3) is 0.350. The van der Waals surface area contributed by atoms with Crippen molar-refractivity contribution in [2.24, 2.45) is 0 Å². The van der Waals surface area contributed by atoms with Gasteiger partial charge in [0.25, 0.3) is 5.91 Å². The number of carbonyl (C=O) groups is 1. The van der Waals surface area contributed by atoms with Crippen LogP contribution in [0.4, 0.5) is 8.78 Å². The highest BCUT2D eigenvalue weighted by Crippen LogP contribution is 2.33. The lowest BCUT2D eigenvalue weighted by Crippen LogP contribution is -2.43. The van der Waals surface area contributed by atoms with Crippen LogP contribution in [0.1, 0.15) is 28.8 Å². The number of amides is 1. The molecule has 5 nitrogen and oxygen atoms in total. The molecule has 2 heterocycles. The van der Waals surface area contributed by atoms with Gasteiger partial charge in [0.1, 0.15) is 11.6 Å². The highest BCUT2D eigenvalue weighted by molar-refractivity contribution is 5.95. The SMILES string of the molecule is O=C(c1ccc2c(c1)OCO2)N1CCCC(OCc2cc(F)cc(F)c2)C1. The quantitative estimate of drug-likeness (QED) is 0.821. The van der Waals surface area contributed by atoms with Gasteiger partial charge in [-0.05, 0) is 48.7 Å². The van der Waals surface area contributed by atoms with Crippen LogP contribution in [0.3, 0.4) is 0 Å². The molecule has 1 amide bonds. The third-order valence-electron chi connectivity index (χ3n) is 4.69. The number of hydrogen-bond acceptors (Lipinski definition) is 4. The van der Waals surface area contributed by atoms with Crippen LogP contribution in [0.15, 0.2) is 36.4 Å². The van der Waals surface area contributed by atoms with Crippen LogP contribution >= 0.6 is 0 Å². The zero-order valence-electron chi connectivity index (χ0n) is 14.6. The number of halogens is 2. The summed E-state index contributed by atoms with van der Waals surface area (Å²) < 4.78 is 42.9. The number of hydrogen-bond donors (Lipinski definition) is 0. The number of carbonyl (C=O) groups excluding carboxylic acids is 1. The van der Waals surface area contributed by atoms with E-state index in [1.165, 1.54) is 12.1 Å². The summed E-state index contributed by atoms with van der Waals surface area (Å²) >= 11 is 0. The van der Waals surface area contributed by atoms with Crippen molar-refractivity contribution in [1.82, 2.24) is 4.90 Å². The van der Waals surface area contributed by atoms with E-state index in [0.29, 0.717) is 35.7 Å². The lowest BCUT2D eigenvalue weighted by atomic mass is 10.1. The first kappa shape index (κ1) is 17.7. The van der Waals surface area contributed by atoms with E-state index in [4.69, 9.17) is 14.2 Å². The van der Waals surface area contributed by atoms with Crippen LogP contribution in [0, 0.1) is 11.6 Å². The Morgan fingerprint density at radius 3 is 2.70 bits per heavy atom. The first-order valence-electron chi connectivity index (χ1n) is 8.84. The van der Waals surface area contributed by atoms with Gasteiger partial charge in [-0.15, -0.1) is 0 Å². The maximum absolute atomic E-state index is 13.3. The normalized spacial score (nSPS) is 18.6. The molecule has 2 aliphatic rings. The average molecular weight is 375 g/mol. The molecule has 0 spiro atoms. The summed E-state index contributed by atoms with van der Waals surface area (Å²) in [6.45, 7) is 1.34. The zero-order valence-corrected chi connectivity index (χ0v) is 14.6. The van der Waals surface area contributed by atoms with Crippen molar-refractivity contribution >= 4 is 5.91 Å². The smallest absolute Gasteiger partial charge is 0.254 e. The van der Waals surface area contributed by atoms with Crippen LogP contribution in [-0.2, 0) is 11.3 Å². The highest BCUT2D eigenvalue weighted by atomic mass is 19.1. The Kier molecular flexibility index (Phi) is 4.94. The van der Waals surface area contributed by atoms with Crippen molar-refractivity contribution in [2.45, 2.75) is 25.6 Å². The van der Waals surface area contributed by atoms with Gasteiger partial charge in [0, 0.05) is 24.7 Å². The molecule has 2 aromatic carbocycles. The second-order valence-corrected chi connectivity index (χ2v) is 6.67. The van der Waals surface area contributed by atoms with E-state index in [0.717, 1.165) is 18.9 Å². The molecule has 2 aliphatic heterocycles. The molecule has 0 radical (unpaired) electrons. The van der Waals surface area contributed by atoms with Crippen molar-refractivity contribution in [3.8, 4) is 11.5 Å². The van der Waals surface area contributed by atoms with Crippen molar-refractivity contribution in [3.05, 3.63) is 59.2 Å². The van der Waals surface area contributed by atoms with E-state index >= 15 is 0 Å². The molecule has 0 saturated carbocycles. The van der Waals surface area contributed by atoms with Crippen molar-refractivity contribution < 1.29 is 27.8 Å². The van der Waals surface area contributed by atoms with Gasteiger partial charge in [-0.2, -0.15) is 0 Å². The van der Waals surface area contributed by atoms with Crippen molar-refractivity contribution in [1.29, 1.82) is 0 Å². The standard InChI is InChI=1S/C20H19F2NO4/c21-15-6-13(7-16(22)9-15)11-25-17-2-1-5-23(10-17)20(24)14-3-4-18-19(8-14)27-12-26-18/h3-4,6-9,17H,1-2,5,10-12H2. The Morgan fingerprint density at radius 1 is 1.11 bits per heavy atom. The highest BCUT2D eigenvalue weighted by Gasteiger charge is 2.26. The summed E-state index contributed by atoms with van der Waals surface area (Å²) in [5.74, 6) is -0.153. The minimum atomic E-state index is -0.628. The third kappa shape index (κ3) is 4.03. The molecule has 4 rings (SSSR count). The van der Waals surface area contributed by atoms with Crippen LogP contribution in [-0.4, -0.2) is 36.8 Å². The van der Waals surface area contributed by atoms with E-state index in [-0.39, 0.29) is 25.4 Å². The Morgan fingerprint density at radius 2 is 1.89 bits per heavy atom. The number of fused-ring (bicyclic) bond motifs is 1. The molecule has 142 valence electrons. The number of rotatable bonds is 4. The summed E-state index contributed by atoms with van der Waals surface area (Å²) in [7, 11) is 0. The number of benzene rings is 2. The molecule has 0 aromatic heterocycles. The zero-order chi connectivity index (χ0) is 18.8. The molecule has 0 N–H and O–H groups in total. The summed E-state index contributed by atoms with van der Waals surface area (Å²) in [5, 5.41) is 0. The molecular formula is C20H19F2NO4. The van der Waals surface area contributed by atoms with Gasteiger partial charge in [0.2, 0.25) is 6.79 Å². The Hall–Kier alpha value is -2.67. The first-order valence-corrected chi connectivity index (χ1v) is 8.84. The minimum absolute atomic E-state index is 0.0987. The molecule has 27 heavy (non-hydrogen) atoms. The van der Waals surface area contributed by atoms with Crippen molar-refractivity contribution in [2.75, 3.05) is 19.9 Å². The van der Waals surface area contributed by atoms with E-state index in [9.17, 15) is 13.6 Å². The lowest BCUT2D eigenvalue weighted by Gasteiger charge is -2.32. The molecule has 1 saturated heterocycles. The first-order chi connectivity index (χ1) is 13.1. The number of piperidine rings is 1. The molecule has 0 aliphatic carbocycles. The summed E-state index contributed by atoms with van der Waals surface area (Å²) in [6, 6.07) is 8.46. The lowest BCUT2D eigenvalue weighted by molar-refractivity contribution is -0.00687. The number of ether oxygens (including phenoxy) is 3. The molecular weight excluding hydrogens is 356 g/mol. The Bertz CT molecular complexity index is 838. The molecule has 1 fully saturated rings. The van der Waals surface area contributed by atoms with E-state index in [1.54, 1.807) is 23.1 Å². The predicted molar refractivity (Wildman–Crippen MR) is 92.6 cm³/mol. The van der Waals surface area contributed by atoms with E-state index in [2.05, 4.69) is 0 Å². The summed E-state index contributed by atoms with van der Waals surface area (Å²) in [5.41, 5.74) is 0.971. The van der Waals surface area contributed by atoms with Crippen LogP contribution in [0.25, 0.3) is 0 Å². The van der Waals surface area contributed by atoms with Gasteiger partial charge in [-0.25, -0.2) is 8.78 Å². The van der Waals surface area contributed by atoms with Crippen LogP contribution in [0.5, 0.6) is 11.5 Å². The summed E-state index contributed by atoms with van der Waals surface area (Å²) in [4.78, 5) is 14.5. The predicted octanol–water partition coefficient (Wildman–Crippen LogP) is 3.51. The average Bonchev–Trinajstić information content (AvgIpc) is 3.13. The fourth-order valence-electron chi connectivity index (χ4n) is 3.38. The molecule has 2 aromatic rings. The van der Waals surface area contributed by atoms with E-state index in [1.807, 2.05) is 0 Å². The van der Waals surface area contributed by atoms with Gasteiger partial charge < -0.3 is 19.1 Å². The molecule has 1 unspecified atom stereocenters. The third-order valence-corrected chi connectivity index (χ3v) is 4.69. The van der Waals surface area contributed by atoms with Gasteiger partial charge in [0.05, 0.1) is 12.7 Å². The maximum Gasteiger partial charge on any atom is 0.254 e. The molecule has 1 atom stereocenters. The van der Waals surface area contributed by atoms with Gasteiger partial charge in [0.15, 0.2) is 11.5 Å². The number of likely N-dealkylation sites (tertiary alicyclic amines) is 1. The Labute approximate surface area is 155 Å². The minimum Gasteiger partial charge on any atom is -0.454 e. The summed E-state index contributed by atoms with van der Waals surface area (Å²) in [6.07, 6.45) is 1.42. The van der Waals surface area contributed by atoms with Crippen LogP contribution < -0.4 is 9.47 Å². The van der Waals surface area contributed by atoms with Gasteiger partial charge in [-0.1, -0.05) is 0 Å². The topological polar surface area (TPSA) is 48.0 Å². The number of nitrogens with zero attached hydrogens (tertiary/aromatic N) is 1. The van der Waals surface area contributed by atoms with Crippen molar-refractivity contribution in [3.63, 3.8) is 0 Å². The monoisotopic (exact) mass is 375 g/mol. The van der Waals surface area contributed by atoms with Gasteiger partial charge >= 0.3 is 0 Å². The second kappa shape index (κ2) is 7.52. The largest absolute Gasteiger partial charge is 0.454 e.